The van der Waals surface area contributed by atoms with E-state index >= 15 is 0 Å². The van der Waals surface area contributed by atoms with Gasteiger partial charge in [0.25, 0.3) is 11.5 Å². The molecular formula is C35H29N3O6S. The van der Waals surface area contributed by atoms with Gasteiger partial charge in [-0.15, -0.1) is 0 Å². The van der Waals surface area contributed by atoms with Crippen molar-refractivity contribution in [2.75, 3.05) is 19.0 Å². The summed E-state index contributed by atoms with van der Waals surface area (Å²) in [7, 11) is 1.57. The fraction of sp³-hybridized carbons (Fsp3) is 0.143. The standard InChI is InChI=1S/C35H29N3O6S/c1-4-43-34(41)23-15-13-22(14-16-23)28-18-17-27(44-28)20-29-33(40)38-31(24-9-8-12-26(19-24)42-3)30(21(2)36-35(38)45-29)32(39)37-25-10-6-5-7-11-25/h5-20,31H,4H2,1-3H3,(H,37,39)/b29-20-/t31-/m0/s1. The van der Waals surface area contributed by atoms with Crippen LogP contribution in [0.15, 0.2) is 116 Å². The van der Waals surface area contributed by atoms with Crippen LogP contribution in [0.25, 0.3) is 17.4 Å². The van der Waals surface area contributed by atoms with Gasteiger partial charge in [-0.1, -0.05) is 53.8 Å². The molecule has 1 aliphatic rings. The number of furan rings is 1. The van der Waals surface area contributed by atoms with E-state index in [1.807, 2.05) is 42.5 Å². The number of rotatable bonds is 8. The topological polar surface area (TPSA) is 112 Å². The van der Waals surface area contributed by atoms with Crippen LogP contribution >= 0.6 is 11.3 Å². The molecule has 2 aromatic heterocycles. The zero-order valence-electron chi connectivity index (χ0n) is 24.8. The molecule has 1 aliphatic heterocycles. The number of allylic oxidation sites excluding steroid dienone is 1. The smallest absolute Gasteiger partial charge is 0.338 e. The van der Waals surface area contributed by atoms with Gasteiger partial charge in [0.05, 0.1) is 41.1 Å². The number of ether oxygens (including phenoxy) is 2. The number of carbonyl (C=O) groups is 2. The number of amides is 1. The maximum atomic E-state index is 14.0. The Balaban J connectivity index is 1.39. The Morgan fingerprint density at radius 1 is 1.02 bits per heavy atom. The molecule has 0 saturated heterocycles. The Labute approximate surface area is 262 Å². The van der Waals surface area contributed by atoms with E-state index in [1.165, 1.54) is 11.3 Å². The number of aromatic nitrogens is 1. The van der Waals surface area contributed by atoms with E-state index in [1.54, 1.807) is 80.1 Å². The molecule has 5 aromatic rings. The molecule has 9 nitrogen and oxygen atoms in total. The van der Waals surface area contributed by atoms with Crippen LogP contribution in [0.5, 0.6) is 5.75 Å². The van der Waals surface area contributed by atoms with Crippen molar-refractivity contribution in [1.82, 2.24) is 4.57 Å². The second-order valence-electron chi connectivity index (χ2n) is 10.2. The highest BCUT2D eigenvalue weighted by Crippen LogP contribution is 2.32. The second-order valence-corrected chi connectivity index (χ2v) is 11.2. The summed E-state index contributed by atoms with van der Waals surface area (Å²) in [5.41, 5.74) is 3.13. The molecule has 0 bridgehead atoms. The normalized spacial score (nSPS) is 14.5. The lowest BCUT2D eigenvalue weighted by Crippen LogP contribution is -2.40. The molecule has 0 saturated carbocycles. The van der Waals surface area contributed by atoms with Gasteiger partial charge in [-0.05, 0) is 67.9 Å². The Bertz CT molecular complexity index is 2110. The van der Waals surface area contributed by atoms with E-state index in [0.29, 0.717) is 61.3 Å². The van der Waals surface area contributed by atoms with Crippen LogP contribution in [0.4, 0.5) is 5.69 Å². The molecule has 3 heterocycles. The zero-order chi connectivity index (χ0) is 31.5. The largest absolute Gasteiger partial charge is 0.497 e. The number of fused-ring (bicyclic) bond motifs is 1. The summed E-state index contributed by atoms with van der Waals surface area (Å²) in [6, 6.07) is 26.2. The molecule has 0 unspecified atom stereocenters. The first-order valence-electron chi connectivity index (χ1n) is 14.3. The third kappa shape index (κ3) is 6.00. The number of nitrogens with one attached hydrogen (secondary N) is 1. The molecule has 3 aromatic carbocycles. The number of anilines is 1. The summed E-state index contributed by atoms with van der Waals surface area (Å²) in [6.45, 7) is 3.83. The predicted molar refractivity (Wildman–Crippen MR) is 172 cm³/mol. The van der Waals surface area contributed by atoms with Gasteiger partial charge in [-0.25, -0.2) is 9.79 Å². The van der Waals surface area contributed by atoms with E-state index in [2.05, 4.69) is 5.32 Å². The van der Waals surface area contributed by atoms with Crippen LogP contribution in [-0.2, 0) is 9.53 Å². The maximum absolute atomic E-state index is 14.0. The average Bonchev–Trinajstić information content (AvgIpc) is 3.65. The molecule has 1 N–H and O–H groups in total. The molecular weight excluding hydrogens is 590 g/mol. The lowest BCUT2D eigenvalue weighted by molar-refractivity contribution is -0.113. The third-order valence-electron chi connectivity index (χ3n) is 7.29. The molecule has 1 amide bonds. The fourth-order valence-corrected chi connectivity index (χ4v) is 6.19. The van der Waals surface area contributed by atoms with Gasteiger partial charge in [0, 0.05) is 17.3 Å². The van der Waals surface area contributed by atoms with Crippen LogP contribution in [-0.4, -0.2) is 30.2 Å². The fourth-order valence-electron chi connectivity index (χ4n) is 5.16. The first-order valence-corrected chi connectivity index (χ1v) is 15.1. The molecule has 0 fully saturated rings. The molecule has 0 spiro atoms. The van der Waals surface area contributed by atoms with E-state index in [0.717, 1.165) is 5.56 Å². The Morgan fingerprint density at radius 3 is 2.53 bits per heavy atom. The highest BCUT2D eigenvalue weighted by Gasteiger charge is 2.33. The summed E-state index contributed by atoms with van der Waals surface area (Å²) in [4.78, 5) is 44.9. The highest BCUT2D eigenvalue weighted by molar-refractivity contribution is 7.07. The van der Waals surface area contributed by atoms with Crippen LogP contribution in [0.1, 0.15) is 41.6 Å². The van der Waals surface area contributed by atoms with Crippen LogP contribution < -0.4 is 24.9 Å². The highest BCUT2D eigenvalue weighted by atomic mass is 32.1. The Hall–Kier alpha value is -5.48. The summed E-state index contributed by atoms with van der Waals surface area (Å²) in [6.07, 6.45) is 1.67. The van der Waals surface area contributed by atoms with Crippen LogP contribution in [0.2, 0.25) is 0 Å². The summed E-state index contributed by atoms with van der Waals surface area (Å²) in [5.74, 6) is 0.914. The third-order valence-corrected chi connectivity index (χ3v) is 8.27. The first kappa shape index (κ1) is 29.6. The minimum absolute atomic E-state index is 0.301. The van der Waals surface area contributed by atoms with E-state index < -0.39 is 6.04 Å². The second kappa shape index (κ2) is 12.6. The van der Waals surface area contributed by atoms with Crippen molar-refractivity contribution in [2.45, 2.75) is 19.9 Å². The number of hydrogen-bond donors (Lipinski definition) is 1. The number of hydrogen-bond acceptors (Lipinski definition) is 8. The van der Waals surface area contributed by atoms with E-state index in [-0.39, 0.29) is 17.4 Å². The van der Waals surface area contributed by atoms with Gasteiger partial charge in [-0.3, -0.25) is 14.2 Å². The molecule has 6 rings (SSSR count). The molecule has 45 heavy (non-hydrogen) atoms. The van der Waals surface area contributed by atoms with Gasteiger partial charge >= 0.3 is 5.97 Å². The number of carbonyl (C=O) groups excluding carboxylic acids is 2. The number of benzene rings is 3. The molecule has 226 valence electrons. The van der Waals surface area contributed by atoms with Crippen molar-refractivity contribution >= 4 is 35.0 Å². The first-order chi connectivity index (χ1) is 21.9. The van der Waals surface area contributed by atoms with E-state index in [4.69, 9.17) is 18.9 Å². The van der Waals surface area contributed by atoms with Crippen molar-refractivity contribution in [1.29, 1.82) is 0 Å². The molecule has 10 heteroatoms. The minimum Gasteiger partial charge on any atom is -0.497 e. The zero-order valence-corrected chi connectivity index (χ0v) is 25.6. The van der Waals surface area contributed by atoms with Crippen molar-refractivity contribution in [3.8, 4) is 17.1 Å². The van der Waals surface area contributed by atoms with Gasteiger partial charge in [0.2, 0.25) is 0 Å². The summed E-state index contributed by atoms with van der Waals surface area (Å²) < 4.78 is 18.5. The van der Waals surface area contributed by atoms with Gasteiger partial charge in [0.1, 0.15) is 17.3 Å². The number of thiazole rings is 1. The SMILES string of the molecule is CCOC(=O)c1ccc(-c2ccc(/C=c3\sc4n(c3=O)[C@@H](c3cccc(OC)c3)C(C(=O)Nc3ccccc3)=C(C)N=4)o2)cc1. The monoisotopic (exact) mass is 619 g/mol. The number of methoxy groups -OCH3 is 1. The maximum Gasteiger partial charge on any atom is 0.338 e. The van der Waals surface area contributed by atoms with Crippen molar-refractivity contribution < 1.29 is 23.5 Å². The minimum atomic E-state index is -0.743. The number of nitrogens with zero attached hydrogens (tertiary/aromatic N) is 2. The average molecular weight is 620 g/mol. The van der Waals surface area contributed by atoms with Crippen molar-refractivity contribution in [3.05, 3.63) is 139 Å². The van der Waals surface area contributed by atoms with E-state index in [9.17, 15) is 14.4 Å². The molecule has 0 aliphatic carbocycles. The van der Waals surface area contributed by atoms with Crippen LogP contribution in [0.3, 0.4) is 0 Å². The Kier molecular flexibility index (Phi) is 8.30. The Morgan fingerprint density at radius 2 is 1.80 bits per heavy atom. The molecule has 0 radical (unpaired) electrons. The van der Waals surface area contributed by atoms with Crippen LogP contribution in [0, 0.1) is 0 Å². The number of esters is 1. The number of para-hydroxylation sites is 1. The van der Waals surface area contributed by atoms with Gasteiger partial charge in [-0.2, -0.15) is 0 Å². The molecule has 1 atom stereocenters. The van der Waals surface area contributed by atoms with Crippen molar-refractivity contribution in [3.63, 3.8) is 0 Å². The van der Waals surface area contributed by atoms with Crippen molar-refractivity contribution in [2.24, 2.45) is 4.99 Å². The predicted octanol–water partition coefficient (Wildman–Crippen LogP) is 5.32. The quantitative estimate of drug-likeness (QED) is 0.236. The summed E-state index contributed by atoms with van der Waals surface area (Å²) in [5, 5.41) is 2.95. The summed E-state index contributed by atoms with van der Waals surface area (Å²) >= 11 is 1.22. The van der Waals surface area contributed by atoms with Gasteiger partial charge in [0.15, 0.2) is 4.80 Å². The lowest BCUT2D eigenvalue weighted by Gasteiger charge is -2.25. The van der Waals surface area contributed by atoms with Gasteiger partial charge < -0.3 is 19.2 Å². The lowest BCUT2D eigenvalue weighted by atomic mass is 9.95.